The molecule has 0 saturated heterocycles. The third kappa shape index (κ3) is 29.3. The fourth-order valence-electron chi connectivity index (χ4n) is 3.64. The van der Waals surface area contributed by atoms with Crippen LogP contribution in [0.2, 0.25) is 0 Å². The summed E-state index contributed by atoms with van der Waals surface area (Å²) < 4.78 is 21.4. The average molecular weight is 474 g/mol. The van der Waals surface area contributed by atoms with Gasteiger partial charge >= 0.3 is 5.97 Å². The van der Waals surface area contributed by atoms with Crippen molar-refractivity contribution in [3.05, 3.63) is 0 Å². The van der Waals surface area contributed by atoms with E-state index >= 15 is 0 Å². The number of hydrogen-bond acceptors (Lipinski definition) is 6. The molecule has 0 aliphatic heterocycles. The molecule has 0 fully saturated rings. The number of nitrogens with one attached hydrogen (secondary N) is 1. The van der Waals surface area contributed by atoms with Crippen molar-refractivity contribution in [1.29, 1.82) is 0 Å². The van der Waals surface area contributed by atoms with Gasteiger partial charge in [-0.1, -0.05) is 96.8 Å². The summed E-state index contributed by atoms with van der Waals surface area (Å²) in [6, 6.07) is 0. The van der Waals surface area contributed by atoms with Gasteiger partial charge in [0.15, 0.2) is 0 Å². The number of carbonyl (C=O) groups excluding carboxylic acids is 1. The molecule has 0 rings (SSSR count). The van der Waals surface area contributed by atoms with E-state index in [2.05, 4.69) is 12.2 Å². The summed E-state index contributed by atoms with van der Waals surface area (Å²) in [4.78, 5) is 11.7. The monoisotopic (exact) mass is 473 g/mol. The minimum absolute atomic E-state index is 0.108. The lowest BCUT2D eigenvalue weighted by Gasteiger charge is -2.07. The molecule has 0 aromatic heterocycles. The van der Waals surface area contributed by atoms with Crippen molar-refractivity contribution in [1.82, 2.24) is 5.32 Å². The predicted octanol–water partition coefficient (Wildman–Crippen LogP) is 6.06. The molecule has 6 nitrogen and oxygen atoms in total. The van der Waals surface area contributed by atoms with E-state index in [1.165, 1.54) is 83.5 Å². The van der Waals surface area contributed by atoms with Crippen LogP contribution in [-0.2, 0) is 23.7 Å². The molecule has 0 amide bonds. The summed E-state index contributed by atoms with van der Waals surface area (Å²) in [5.41, 5.74) is 0. The normalized spacial score (nSPS) is 11.2. The van der Waals surface area contributed by atoms with Crippen LogP contribution in [-0.4, -0.2) is 65.8 Å². The van der Waals surface area contributed by atoms with Gasteiger partial charge in [-0.25, -0.2) is 0 Å². The Bertz CT molecular complexity index is 382. The van der Waals surface area contributed by atoms with Crippen molar-refractivity contribution in [2.24, 2.45) is 0 Å². The van der Waals surface area contributed by atoms with Gasteiger partial charge in [-0.05, 0) is 13.5 Å². The molecule has 0 radical (unpaired) electrons. The van der Waals surface area contributed by atoms with Crippen molar-refractivity contribution in [2.45, 2.75) is 110 Å². The second-order valence-electron chi connectivity index (χ2n) is 8.86. The molecule has 6 heteroatoms. The van der Waals surface area contributed by atoms with Gasteiger partial charge in [0.1, 0.15) is 6.61 Å². The first-order chi connectivity index (χ1) is 16.3. The Morgan fingerprint density at radius 2 is 0.939 bits per heavy atom. The number of carbonyl (C=O) groups is 1. The summed E-state index contributed by atoms with van der Waals surface area (Å²) in [5.74, 6) is -0.108. The van der Waals surface area contributed by atoms with Gasteiger partial charge in [0.05, 0.1) is 39.6 Å². The molecule has 0 heterocycles. The topological polar surface area (TPSA) is 66.0 Å². The van der Waals surface area contributed by atoms with Gasteiger partial charge in [-0.2, -0.15) is 0 Å². The van der Waals surface area contributed by atoms with Crippen molar-refractivity contribution in [3.63, 3.8) is 0 Å². The summed E-state index contributed by atoms with van der Waals surface area (Å²) in [6.45, 7) is 6.77. The zero-order valence-electron chi connectivity index (χ0n) is 22.0. The number of rotatable bonds is 28. The van der Waals surface area contributed by atoms with Crippen LogP contribution >= 0.6 is 0 Å². The number of esters is 1. The summed E-state index contributed by atoms with van der Waals surface area (Å²) >= 11 is 0. The van der Waals surface area contributed by atoms with Gasteiger partial charge in [0.2, 0.25) is 0 Å². The zero-order valence-corrected chi connectivity index (χ0v) is 22.0. The molecule has 0 unspecified atom stereocenters. The molecule has 33 heavy (non-hydrogen) atoms. The molecule has 0 saturated carbocycles. The SMILES string of the molecule is CCCCCCCCCCCCCCCCCC(=O)OCCOCCOCCOCCNC. The van der Waals surface area contributed by atoms with Crippen molar-refractivity contribution in [2.75, 3.05) is 59.8 Å². The first-order valence-corrected chi connectivity index (χ1v) is 13.8. The smallest absolute Gasteiger partial charge is 0.305 e. The summed E-state index contributed by atoms with van der Waals surface area (Å²) in [5, 5.41) is 3.02. The number of hydrogen-bond donors (Lipinski definition) is 1. The third-order valence-corrected chi connectivity index (χ3v) is 5.72. The van der Waals surface area contributed by atoms with Crippen LogP contribution in [0.25, 0.3) is 0 Å². The van der Waals surface area contributed by atoms with Gasteiger partial charge in [0.25, 0.3) is 0 Å². The Morgan fingerprint density at radius 1 is 0.545 bits per heavy atom. The lowest BCUT2D eigenvalue weighted by molar-refractivity contribution is -0.145. The first-order valence-electron chi connectivity index (χ1n) is 13.8. The average Bonchev–Trinajstić information content (AvgIpc) is 2.82. The van der Waals surface area contributed by atoms with E-state index in [9.17, 15) is 4.79 Å². The van der Waals surface area contributed by atoms with Crippen molar-refractivity contribution >= 4 is 5.97 Å². The Balaban J connectivity index is 3.13. The third-order valence-electron chi connectivity index (χ3n) is 5.72. The predicted molar refractivity (Wildman–Crippen MR) is 137 cm³/mol. The van der Waals surface area contributed by atoms with Crippen molar-refractivity contribution in [3.8, 4) is 0 Å². The molecule has 198 valence electrons. The van der Waals surface area contributed by atoms with Crippen LogP contribution in [0.3, 0.4) is 0 Å². The zero-order chi connectivity index (χ0) is 24.1. The van der Waals surface area contributed by atoms with Crippen LogP contribution in [0.1, 0.15) is 110 Å². The minimum Gasteiger partial charge on any atom is -0.463 e. The number of ether oxygens (including phenoxy) is 4. The van der Waals surface area contributed by atoms with E-state index in [0.717, 1.165) is 19.4 Å². The Kier molecular flexibility index (Phi) is 28.7. The highest BCUT2D eigenvalue weighted by Crippen LogP contribution is 2.13. The summed E-state index contributed by atoms with van der Waals surface area (Å²) in [7, 11) is 1.90. The molecule has 0 aromatic carbocycles. The van der Waals surface area contributed by atoms with E-state index in [1.54, 1.807) is 0 Å². The molecular weight excluding hydrogens is 418 g/mol. The van der Waals surface area contributed by atoms with Crippen LogP contribution in [0.5, 0.6) is 0 Å². The fourth-order valence-corrected chi connectivity index (χ4v) is 3.64. The van der Waals surface area contributed by atoms with Gasteiger partial charge in [0, 0.05) is 13.0 Å². The number of unbranched alkanes of at least 4 members (excludes halogenated alkanes) is 14. The van der Waals surface area contributed by atoms with E-state index in [0.29, 0.717) is 52.7 Å². The van der Waals surface area contributed by atoms with Gasteiger partial charge < -0.3 is 24.3 Å². The van der Waals surface area contributed by atoms with E-state index in [-0.39, 0.29) is 5.97 Å². The molecular formula is C27H55NO5. The molecule has 0 aliphatic rings. The van der Waals surface area contributed by atoms with Crippen LogP contribution in [0.4, 0.5) is 0 Å². The van der Waals surface area contributed by atoms with E-state index < -0.39 is 0 Å². The Labute approximate surface area is 204 Å². The lowest BCUT2D eigenvalue weighted by atomic mass is 10.0. The van der Waals surface area contributed by atoms with Crippen LogP contribution in [0.15, 0.2) is 0 Å². The van der Waals surface area contributed by atoms with Crippen LogP contribution < -0.4 is 5.32 Å². The highest BCUT2D eigenvalue weighted by Gasteiger charge is 2.02. The second kappa shape index (κ2) is 29.3. The lowest BCUT2D eigenvalue weighted by Crippen LogP contribution is -2.17. The van der Waals surface area contributed by atoms with Crippen LogP contribution in [0, 0.1) is 0 Å². The highest BCUT2D eigenvalue weighted by atomic mass is 16.6. The molecule has 0 atom stereocenters. The fraction of sp³-hybridized carbons (Fsp3) is 0.963. The van der Waals surface area contributed by atoms with Gasteiger partial charge in [-0.3, -0.25) is 4.79 Å². The molecule has 0 spiro atoms. The largest absolute Gasteiger partial charge is 0.463 e. The molecule has 1 N–H and O–H groups in total. The quantitative estimate of drug-likeness (QED) is 0.110. The summed E-state index contributed by atoms with van der Waals surface area (Å²) in [6.07, 6.45) is 20.5. The van der Waals surface area contributed by atoms with Gasteiger partial charge in [-0.15, -0.1) is 0 Å². The first kappa shape index (κ1) is 32.3. The second-order valence-corrected chi connectivity index (χ2v) is 8.86. The highest BCUT2D eigenvalue weighted by molar-refractivity contribution is 5.69. The minimum atomic E-state index is -0.108. The maximum atomic E-state index is 11.7. The standard InChI is InChI=1S/C27H55NO5/c1-3-4-5-6-7-8-9-10-11-12-13-14-15-16-17-18-27(29)33-26-25-32-24-23-31-22-21-30-20-19-28-2/h28H,3-26H2,1-2H3. The Hall–Kier alpha value is -0.690. The maximum Gasteiger partial charge on any atom is 0.305 e. The molecule has 0 bridgehead atoms. The van der Waals surface area contributed by atoms with E-state index in [4.69, 9.17) is 18.9 Å². The maximum absolute atomic E-state index is 11.7. The van der Waals surface area contributed by atoms with E-state index in [1.807, 2.05) is 7.05 Å². The number of likely N-dealkylation sites (N-methyl/N-ethyl adjacent to an activating group) is 1. The van der Waals surface area contributed by atoms with Crippen molar-refractivity contribution < 1.29 is 23.7 Å². The molecule has 0 aliphatic carbocycles. The Morgan fingerprint density at radius 3 is 1.39 bits per heavy atom. The molecule has 0 aromatic rings.